The third kappa shape index (κ3) is 6.39. The minimum absolute atomic E-state index is 0.460. The summed E-state index contributed by atoms with van der Waals surface area (Å²) in [6.45, 7) is 0. The first kappa shape index (κ1) is 14.9. The van der Waals surface area contributed by atoms with Crippen molar-refractivity contribution in [2.75, 3.05) is 11.0 Å². The van der Waals surface area contributed by atoms with Crippen LogP contribution < -0.4 is 10.2 Å². The molecule has 0 aliphatic carbocycles. The molecule has 0 atom stereocenters. The van der Waals surface area contributed by atoms with Crippen LogP contribution in [0.4, 0.5) is 5.69 Å². The normalized spacial score (nSPS) is 11.9. The lowest BCUT2D eigenvalue weighted by Gasteiger charge is -2.03. The van der Waals surface area contributed by atoms with E-state index in [9.17, 15) is 13.2 Å². The van der Waals surface area contributed by atoms with E-state index in [0.29, 0.717) is 5.69 Å². The van der Waals surface area contributed by atoms with Gasteiger partial charge in [0.05, 0.1) is 6.26 Å². The quantitative estimate of drug-likeness (QED) is 0.326. The summed E-state index contributed by atoms with van der Waals surface area (Å²) in [5.74, 6) is -0.628. The lowest BCUT2D eigenvalue weighted by molar-refractivity contribution is -0.124. The van der Waals surface area contributed by atoms with E-state index in [-0.39, 0.29) is 0 Å². The van der Waals surface area contributed by atoms with Gasteiger partial charge in [-0.1, -0.05) is 30.4 Å². The number of allylic oxidation sites excluding steroid dienone is 2. The Morgan fingerprint density at radius 1 is 1.32 bits per heavy atom. The molecule has 1 rings (SSSR count). The zero-order chi connectivity index (χ0) is 14.3. The van der Waals surface area contributed by atoms with Crippen molar-refractivity contribution < 1.29 is 18.4 Å². The van der Waals surface area contributed by atoms with Crippen LogP contribution in [0.1, 0.15) is 5.56 Å². The molecule has 0 aromatic heterocycles. The second-order valence-corrected chi connectivity index (χ2v) is 5.44. The standard InChI is InChI=1S/C12H14N2O4S/c1-19(17,18)14-11-7-4-6-10(9-11)5-2-3-8-12(15)13-16/h2-9,14,16H,1H3,(H,13,15)/b5-2+,8-3+. The molecular formula is C12H14N2O4S. The number of hydrogen-bond donors (Lipinski definition) is 3. The number of rotatable bonds is 5. The molecule has 7 heteroatoms. The Bertz CT molecular complexity index is 606. The van der Waals surface area contributed by atoms with Crippen molar-refractivity contribution in [3.8, 4) is 0 Å². The summed E-state index contributed by atoms with van der Waals surface area (Å²) in [6.07, 6.45) is 6.95. The first-order valence-corrected chi connectivity index (χ1v) is 7.16. The summed E-state index contributed by atoms with van der Waals surface area (Å²) in [5, 5.41) is 8.26. The average Bonchev–Trinajstić information content (AvgIpc) is 2.32. The highest BCUT2D eigenvalue weighted by molar-refractivity contribution is 7.92. The Morgan fingerprint density at radius 3 is 2.68 bits per heavy atom. The van der Waals surface area contributed by atoms with E-state index in [1.54, 1.807) is 36.4 Å². The zero-order valence-electron chi connectivity index (χ0n) is 10.2. The van der Waals surface area contributed by atoms with Gasteiger partial charge in [-0.15, -0.1) is 0 Å². The molecule has 0 aliphatic rings. The zero-order valence-corrected chi connectivity index (χ0v) is 11.0. The molecular weight excluding hydrogens is 268 g/mol. The van der Waals surface area contributed by atoms with Gasteiger partial charge in [0.1, 0.15) is 0 Å². The van der Waals surface area contributed by atoms with Crippen molar-refractivity contribution in [2.24, 2.45) is 0 Å². The van der Waals surface area contributed by atoms with Crippen molar-refractivity contribution in [3.63, 3.8) is 0 Å². The average molecular weight is 282 g/mol. The molecule has 0 spiro atoms. The number of carbonyl (C=O) groups excluding carboxylic acids is 1. The topological polar surface area (TPSA) is 95.5 Å². The van der Waals surface area contributed by atoms with Crippen LogP contribution in [0.15, 0.2) is 42.5 Å². The van der Waals surface area contributed by atoms with Crippen LogP contribution in [0, 0.1) is 0 Å². The van der Waals surface area contributed by atoms with Crippen LogP contribution >= 0.6 is 0 Å². The minimum Gasteiger partial charge on any atom is -0.288 e. The van der Waals surface area contributed by atoms with Crippen molar-refractivity contribution in [1.82, 2.24) is 5.48 Å². The van der Waals surface area contributed by atoms with Gasteiger partial charge in [0.2, 0.25) is 10.0 Å². The molecule has 0 fully saturated rings. The minimum atomic E-state index is -3.30. The van der Waals surface area contributed by atoms with E-state index >= 15 is 0 Å². The van der Waals surface area contributed by atoms with E-state index in [4.69, 9.17) is 5.21 Å². The molecule has 0 aliphatic heterocycles. The monoisotopic (exact) mass is 282 g/mol. The maximum Gasteiger partial charge on any atom is 0.267 e. The van der Waals surface area contributed by atoms with Gasteiger partial charge in [-0.3, -0.25) is 14.7 Å². The van der Waals surface area contributed by atoms with E-state index in [1.165, 1.54) is 11.6 Å². The van der Waals surface area contributed by atoms with E-state index < -0.39 is 15.9 Å². The summed E-state index contributed by atoms with van der Waals surface area (Å²) in [7, 11) is -3.30. The van der Waals surface area contributed by atoms with Gasteiger partial charge in [-0.2, -0.15) is 0 Å². The maximum atomic E-state index is 11.1. The van der Waals surface area contributed by atoms with Crippen LogP contribution in [0.5, 0.6) is 0 Å². The Kier molecular flexibility index (Phi) is 5.28. The van der Waals surface area contributed by atoms with Crippen LogP contribution in [0.3, 0.4) is 0 Å². The third-order valence-corrected chi connectivity index (χ3v) is 2.55. The Morgan fingerprint density at radius 2 is 2.05 bits per heavy atom. The first-order valence-electron chi connectivity index (χ1n) is 5.27. The molecule has 0 unspecified atom stereocenters. The Labute approximate surface area is 111 Å². The highest BCUT2D eigenvalue weighted by Gasteiger charge is 2.00. The van der Waals surface area contributed by atoms with Crippen LogP contribution in [0.25, 0.3) is 6.08 Å². The molecule has 3 N–H and O–H groups in total. The molecule has 1 aromatic rings. The van der Waals surface area contributed by atoms with Gasteiger partial charge in [0, 0.05) is 11.8 Å². The van der Waals surface area contributed by atoms with Crippen molar-refractivity contribution >= 4 is 27.7 Å². The Hall–Kier alpha value is -2.12. The SMILES string of the molecule is CS(=O)(=O)Nc1cccc(/C=C/C=C/C(=O)NO)c1. The third-order valence-electron chi connectivity index (χ3n) is 1.95. The van der Waals surface area contributed by atoms with Gasteiger partial charge in [0.15, 0.2) is 0 Å². The summed E-state index contributed by atoms with van der Waals surface area (Å²) < 4.78 is 24.5. The number of carbonyl (C=O) groups is 1. The van der Waals surface area contributed by atoms with Gasteiger partial charge in [0.25, 0.3) is 5.91 Å². The number of anilines is 1. The van der Waals surface area contributed by atoms with Gasteiger partial charge in [-0.05, 0) is 17.7 Å². The lowest BCUT2D eigenvalue weighted by atomic mass is 10.2. The molecule has 19 heavy (non-hydrogen) atoms. The lowest BCUT2D eigenvalue weighted by Crippen LogP contribution is -2.14. The van der Waals surface area contributed by atoms with E-state index in [0.717, 1.165) is 17.9 Å². The summed E-state index contributed by atoms with van der Waals surface area (Å²) in [4.78, 5) is 10.7. The molecule has 0 saturated carbocycles. The van der Waals surface area contributed by atoms with Crippen molar-refractivity contribution in [1.29, 1.82) is 0 Å². The van der Waals surface area contributed by atoms with E-state index in [1.807, 2.05) is 0 Å². The number of hydrogen-bond acceptors (Lipinski definition) is 4. The number of nitrogens with one attached hydrogen (secondary N) is 2. The highest BCUT2D eigenvalue weighted by atomic mass is 32.2. The molecule has 0 saturated heterocycles. The van der Waals surface area contributed by atoms with Crippen molar-refractivity contribution in [3.05, 3.63) is 48.1 Å². The fourth-order valence-corrected chi connectivity index (χ4v) is 1.82. The van der Waals surface area contributed by atoms with E-state index in [2.05, 4.69) is 4.72 Å². The predicted octanol–water partition coefficient (Wildman–Crippen LogP) is 1.13. The number of benzene rings is 1. The van der Waals surface area contributed by atoms with Gasteiger partial charge >= 0.3 is 0 Å². The molecule has 1 amide bonds. The molecule has 6 nitrogen and oxygen atoms in total. The second-order valence-electron chi connectivity index (χ2n) is 3.69. The number of amides is 1. The van der Waals surface area contributed by atoms with Crippen LogP contribution in [-0.4, -0.2) is 25.8 Å². The maximum absolute atomic E-state index is 11.1. The second kappa shape index (κ2) is 6.72. The molecule has 0 radical (unpaired) electrons. The van der Waals surface area contributed by atoms with Crippen molar-refractivity contribution in [2.45, 2.75) is 0 Å². The predicted molar refractivity (Wildman–Crippen MR) is 73.0 cm³/mol. The summed E-state index contributed by atoms with van der Waals surface area (Å²) in [6, 6.07) is 6.77. The van der Waals surface area contributed by atoms with Crippen LogP contribution in [-0.2, 0) is 14.8 Å². The molecule has 102 valence electrons. The molecule has 1 aromatic carbocycles. The highest BCUT2D eigenvalue weighted by Crippen LogP contribution is 2.13. The fourth-order valence-electron chi connectivity index (χ4n) is 1.27. The summed E-state index contributed by atoms with van der Waals surface area (Å²) in [5.41, 5.74) is 2.69. The van der Waals surface area contributed by atoms with Gasteiger partial charge < -0.3 is 0 Å². The Balaban J connectivity index is 2.75. The first-order chi connectivity index (χ1) is 8.90. The number of hydroxylamine groups is 1. The number of sulfonamides is 1. The largest absolute Gasteiger partial charge is 0.288 e. The van der Waals surface area contributed by atoms with Crippen LogP contribution in [0.2, 0.25) is 0 Å². The summed E-state index contributed by atoms with van der Waals surface area (Å²) >= 11 is 0. The smallest absolute Gasteiger partial charge is 0.267 e. The fraction of sp³-hybridized carbons (Fsp3) is 0.0833. The van der Waals surface area contributed by atoms with Gasteiger partial charge in [-0.25, -0.2) is 13.9 Å². The molecule has 0 heterocycles. The molecule has 0 bridgehead atoms.